The van der Waals surface area contributed by atoms with Crippen molar-refractivity contribution in [2.75, 3.05) is 19.6 Å². The number of nitrogens with zero attached hydrogens (tertiary/aromatic N) is 1. The van der Waals surface area contributed by atoms with Crippen LogP contribution in [0.1, 0.15) is 37.5 Å². The average molecular weight is 413 g/mol. The van der Waals surface area contributed by atoms with Crippen molar-refractivity contribution in [3.05, 3.63) is 53.1 Å². The second-order valence-electron chi connectivity index (χ2n) is 6.53. The fraction of sp³-hybridized carbons (Fsp3) is 0.200. The van der Waals surface area contributed by atoms with Crippen LogP contribution in [0.5, 0.6) is 17.2 Å². The van der Waals surface area contributed by atoms with Gasteiger partial charge in [0.1, 0.15) is 0 Å². The van der Waals surface area contributed by atoms with Gasteiger partial charge in [0.25, 0.3) is 17.7 Å². The molecule has 1 aliphatic rings. The smallest absolute Gasteiger partial charge is 0.261 e. The lowest BCUT2D eigenvalue weighted by Crippen LogP contribution is -2.37. The summed E-state index contributed by atoms with van der Waals surface area (Å²) < 4.78 is 0. The summed E-state index contributed by atoms with van der Waals surface area (Å²) in [6, 6.07) is 8.43. The van der Waals surface area contributed by atoms with Crippen molar-refractivity contribution in [1.29, 1.82) is 0 Å². The van der Waals surface area contributed by atoms with Crippen molar-refractivity contribution in [2.24, 2.45) is 0 Å². The molecule has 0 saturated carbocycles. The molecule has 0 bridgehead atoms. The molecule has 10 heteroatoms. The molecule has 0 atom stereocenters. The van der Waals surface area contributed by atoms with Gasteiger partial charge in [-0.25, -0.2) is 0 Å². The van der Waals surface area contributed by atoms with Crippen LogP contribution in [0.25, 0.3) is 0 Å². The van der Waals surface area contributed by atoms with Crippen LogP contribution >= 0.6 is 0 Å². The van der Waals surface area contributed by atoms with Crippen LogP contribution < -0.4 is 10.6 Å². The van der Waals surface area contributed by atoms with E-state index in [0.29, 0.717) is 11.1 Å². The first-order valence-corrected chi connectivity index (χ1v) is 9.04. The Kier molecular flexibility index (Phi) is 5.86. The quantitative estimate of drug-likeness (QED) is 0.249. The monoisotopic (exact) mass is 413 g/mol. The Bertz CT molecular complexity index is 977. The molecule has 0 aliphatic carbocycles. The van der Waals surface area contributed by atoms with Gasteiger partial charge in [-0.2, -0.15) is 0 Å². The van der Waals surface area contributed by atoms with Gasteiger partial charge in [0.2, 0.25) is 5.91 Å². The maximum atomic E-state index is 12.2. The lowest BCUT2D eigenvalue weighted by Gasteiger charge is -2.13. The average Bonchev–Trinajstić information content (AvgIpc) is 2.97. The molecule has 0 fully saturated rings. The van der Waals surface area contributed by atoms with Gasteiger partial charge in [-0.1, -0.05) is 12.1 Å². The molecule has 3 rings (SSSR count). The van der Waals surface area contributed by atoms with Gasteiger partial charge >= 0.3 is 0 Å². The van der Waals surface area contributed by atoms with Crippen LogP contribution in [0, 0.1) is 0 Å². The summed E-state index contributed by atoms with van der Waals surface area (Å²) in [6.45, 7) is 0.0827. The van der Waals surface area contributed by atoms with Crippen molar-refractivity contribution in [3.8, 4) is 17.2 Å². The largest absolute Gasteiger partial charge is 0.504 e. The van der Waals surface area contributed by atoms with E-state index >= 15 is 0 Å². The summed E-state index contributed by atoms with van der Waals surface area (Å²) in [5, 5.41) is 33.1. The Morgan fingerprint density at radius 3 is 1.97 bits per heavy atom. The highest BCUT2D eigenvalue weighted by atomic mass is 16.3. The molecule has 30 heavy (non-hydrogen) atoms. The summed E-state index contributed by atoms with van der Waals surface area (Å²) in [6.07, 6.45) is -0.0842. The van der Waals surface area contributed by atoms with Crippen LogP contribution in [0.2, 0.25) is 0 Å². The number of nitrogens with one attached hydrogen (secondary N) is 2. The van der Waals surface area contributed by atoms with E-state index in [4.69, 9.17) is 0 Å². The normalized spacial score (nSPS) is 12.6. The second-order valence-corrected chi connectivity index (χ2v) is 6.53. The summed E-state index contributed by atoms with van der Waals surface area (Å²) in [5.41, 5.74) is 0.564. The number of carbonyl (C=O) groups excluding carboxylic acids is 4. The number of phenols is 3. The first-order valence-electron chi connectivity index (χ1n) is 9.04. The SMILES string of the molecule is O=C(CCN1C(=O)c2ccccc2C1=O)NCCNC(=O)c1cc(O)c(O)c(O)c1. The van der Waals surface area contributed by atoms with Crippen molar-refractivity contribution < 1.29 is 34.5 Å². The zero-order chi connectivity index (χ0) is 21.8. The molecule has 0 aromatic heterocycles. The zero-order valence-corrected chi connectivity index (χ0v) is 15.7. The highest BCUT2D eigenvalue weighted by Gasteiger charge is 2.34. The van der Waals surface area contributed by atoms with Crippen LogP contribution in [-0.4, -0.2) is 63.5 Å². The van der Waals surface area contributed by atoms with Crippen LogP contribution in [0.15, 0.2) is 36.4 Å². The molecule has 2 aromatic carbocycles. The van der Waals surface area contributed by atoms with Crippen LogP contribution in [-0.2, 0) is 4.79 Å². The van der Waals surface area contributed by atoms with Gasteiger partial charge in [-0.05, 0) is 24.3 Å². The standard InChI is InChI=1S/C20H19N3O7/c24-14-9-11(10-15(25)17(14)27)18(28)22-7-6-21-16(26)5-8-23-19(29)12-3-1-2-4-13(12)20(23)30/h1-4,9-10,24-25,27H,5-8H2,(H,21,26)(H,22,28). The number of hydrogen-bond donors (Lipinski definition) is 5. The van der Waals surface area contributed by atoms with Crippen molar-refractivity contribution in [2.45, 2.75) is 6.42 Å². The molecule has 0 radical (unpaired) electrons. The highest BCUT2D eigenvalue weighted by Crippen LogP contribution is 2.35. The molecule has 4 amide bonds. The molecule has 0 spiro atoms. The molecule has 1 heterocycles. The Balaban J connectivity index is 1.41. The van der Waals surface area contributed by atoms with E-state index in [9.17, 15) is 34.5 Å². The van der Waals surface area contributed by atoms with E-state index in [1.807, 2.05) is 0 Å². The van der Waals surface area contributed by atoms with Crippen molar-refractivity contribution in [3.63, 3.8) is 0 Å². The van der Waals surface area contributed by atoms with E-state index in [2.05, 4.69) is 10.6 Å². The Morgan fingerprint density at radius 2 is 1.40 bits per heavy atom. The first kappa shape index (κ1) is 20.6. The number of rotatable bonds is 7. The predicted octanol–water partition coefficient (Wildman–Crippen LogP) is 0.336. The molecular formula is C20H19N3O7. The summed E-state index contributed by atoms with van der Waals surface area (Å²) in [7, 11) is 0. The Labute approximate surface area is 170 Å². The number of imide groups is 1. The van der Waals surface area contributed by atoms with E-state index in [0.717, 1.165) is 17.0 Å². The van der Waals surface area contributed by atoms with Gasteiger partial charge in [0, 0.05) is 31.6 Å². The van der Waals surface area contributed by atoms with E-state index in [1.54, 1.807) is 24.3 Å². The topological polar surface area (TPSA) is 156 Å². The zero-order valence-electron chi connectivity index (χ0n) is 15.7. The van der Waals surface area contributed by atoms with E-state index in [-0.39, 0.29) is 31.6 Å². The molecule has 0 saturated heterocycles. The highest BCUT2D eigenvalue weighted by molar-refractivity contribution is 6.21. The van der Waals surface area contributed by atoms with E-state index < -0.39 is 40.9 Å². The predicted molar refractivity (Wildman–Crippen MR) is 103 cm³/mol. The number of benzene rings is 2. The number of carbonyl (C=O) groups is 4. The second kappa shape index (κ2) is 8.52. The van der Waals surface area contributed by atoms with Crippen molar-refractivity contribution in [1.82, 2.24) is 15.5 Å². The number of phenolic OH excluding ortho intramolecular Hbond substituents is 3. The number of hydrogen-bond acceptors (Lipinski definition) is 7. The van der Waals surface area contributed by atoms with Gasteiger partial charge in [-0.3, -0.25) is 24.1 Å². The lowest BCUT2D eigenvalue weighted by atomic mass is 10.1. The van der Waals surface area contributed by atoms with Crippen LogP contribution in [0.3, 0.4) is 0 Å². The Morgan fingerprint density at radius 1 is 0.867 bits per heavy atom. The van der Waals surface area contributed by atoms with E-state index in [1.165, 1.54) is 0 Å². The molecule has 5 N–H and O–H groups in total. The molecular weight excluding hydrogens is 394 g/mol. The molecule has 2 aromatic rings. The van der Waals surface area contributed by atoms with Crippen molar-refractivity contribution >= 4 is 23.6 Å². The molecule has 1 aliphatic heterocycles. The van der Waals surface area contributed by atoms with Crippen LogP contribution in [0.4, 0.5) is 0 Å². The molecule has 156 valence electrons. The maximum absolute atomic E-state index is 12.2. The number of fused-ring (bicyclic) bond motifs is 1. The fourth-order valence-electron chi connectivity index (χ4n) is 2.96. The van der Waals surface area contributed by atoms with Gasteiger partial charge in [0.15, 0.2) is 17.2 Å². The first-order chi connectivity index (χ1) is 14.3. The van der Waals surface area contributed by atoms with Gasteiger partial charge in [-0.15, -0.1) is 0 Å². The maximum Gasteiger partial charge on any atom is 0.261 e. The van der Waals surface area contributed by atoms with Gasteiger partial charge in [0.05, 0.1) is 11.1 Å². The summed E-state index contributed by atoms with van der Waals surface area (Å²) in [5.74, 6) is -3.89. The minimum atomic E-state index is -0.725. The van der Waals surface area contributed by atoms with Gasteiger partial charge < -0.3 is 26.0 Å². The molecule has 0 unspecified atom stereocenters. The lowest BCUT2D eigenvalue weighted by molar-refractivity contribution is -0.121. The minimum Gasteiger partial charge on any atom is -0.504 e. The third kappa shape index (κ3) is 4.17. The fourth-order valence-corrected chi connectivity index (χ4v) is 2.96. The number of aromatic hydroxyl groups is 3. The Hall–Kier alpha value is -4.08. The third-order valence-corrected chi connectivity index (χ3v) is 4.51. The summed E-state index contributed by atoms with van der Waals surface area (Å²) >= 11 is 0. The minimum absolute atomic E-state index is 0.0555. The molecule has 10 nitrogen and oxygen atoms in total. The summed E-state index contributed by atoms with van der Waals surface area (Å²) in [4.78, 5) is 49.4. The third-order valence-electron chi connectivity index (χ3n) is 4.51. The number of amides is 4.